The van der Waals surface area contributed by atoms with Crippen molar-refractivity contribution in [1.82, 2.24) is 16.0 Å². The molecule has 26 heavy (non-hydrogen) atoms. The van der Waals surface area contributed by atoms with Crippen LogP contribution in [0.1, 0.15) is 35.5 Å². The van der Waals surface area contributed by atoms with Gasteiger partial charge in [0.1, 0.15) is 5.76 Å². The van der Waals surface area contributed by atoms with Gasteiger partial charge in [0.2, 0.25) is 0 Å². The summed E-state index contributed by atoms with van der Waals surface area (Å²) in [6.07, 6.45) is 2.48. The van der Waals surface area contributed by atoms with Gasteiger partial charge < -0.3 is 20.4 Å². The highest BCUT2D eigenvalue weighted by atomic mass is 127. The van der Waals surface area contributed by atoms with Crippen molar-refractivity contribution in [3.8, 4) is 0 Å². The molecule has 2 rings (SSSR count). The second-order valence-corrected chi connectivity index (χ2v) is 5.51. The van der Waals surface area contributed by atoms with Crippen molar-refractivity contribution in [2.45, 2.75) is 26.8 Å². The number of halogens is 1. The molecule has 7 heteroatoms. The first kappa shape index (κ1) is 22.0. The maximum Gasteiger partial charge on any atom is 0.251 e. The van der Waals surface area contributed by atoms with E-state index in [0.29, 0.717) is 18.7 Å². The Morgan fingerprint density at radius 2 is 1.77 bits per heavy atom. The number of benzene rings is 1. The number of aliphatic imine (C=N–C) groups is 1. The summed E-state index contributed by atoms with van der Waals surface area (Å²) in [5.41, 5.74) is 1.72. The lowest BCUT2D eigenvalue weighted by Crippen LogP contribution is -2.38. The van der Waals surface area contributed by atoms with Crippen molar-refractivity contribution < 1.29 is 9.21 Å². The first-order valence-corrected chi connectivity index (χ1v) is 8.64. The van der Waals surface area contributed by atoms with Crippen LogP contribution < -0.4 is 16.0 Å². The van der Waals surface area contributed by atoms with Crippen LogP contribution in [0.15, 0.2) is 52.1 Å². The maximum absolute atomic E-state index is 11.8. The fourth-order valence-electron chi connectivity index (χ4n) is 2.30. The molecule has 0 radical (unpaired) electrons. The molecule has 0 aliphatic heterocycles. The van der Waals surface area contributed by atoms with Crippen LogP contribution in [0.2, 0.25) is 0 Å². The molecule has 1 amide bonds. The molecule has 1 heterocycles. The second-order valence-electron chi connectivity index (χ2n) is 5.51. The van der Waals surface area contributed by atoms with Crippen LogP contribution in [0.3, 0.4) is 0 Å². The zero-order valence-corrected chi connectivity index (χ0v) is 17.6. The van der Waals surface area contributed by atoms with Crippen molar-refractivity contribution in [2.75, 3.05) is 19.6 Å². The first-order chi connectivity index (χ1) is 12.2. The highest BCUT2D eigenvalue weighted by Crippen LogP contribution is 2.06. The number of hydrogen-bond donors (Lipinski definition) is 3. The van der Waals surface area contributed by atoms with E-state index in [4.69, 9.17) is 4.42 Å². The van der Waals surface area contributed by atoms with E-state index in [1.54, 1.807) is 6.26 Å². The third kappa shape index (κ3) is 7.47. The van der Waals surface area contributed by atoms with E-state index in [9.17, 15) is 4.79 Å². The topological polar surface area (TPSA) is 78.7 Å². The van der Waals surface area contributed by atoms with E-state index in [1.165, 1.54) is 0 Å². The van der Waals surface area contributed by atoms with Crippen LogP contribution in [0, 0.1) is 0 Å². The summed E-state index contributed by atoms with van der Waals surface area (Å²) < 4.78 is 5.32. The quantitative estimate of drug-likeness (QED) is 0.315. The van der Waals surface area contributed by atoms with Gasteiger partial charge in [-0.3, -0.25) is 4.79 Å². The lowest BCUT2D eigenvalue weighted by molar-refractivity contribution is 0.0956. The van der Waals surface area contributed by atoms with Gasteiger partial charge in [0, 0.05) is 31.6 Å². The Morgan fingerprint density at radius 1 is 1.04 bits per heavy atom. The standard InChI is InChI=1S/C19H26N4O2.HI/c1-3-20-18(24)16-9-7-15(8-10-16)14-23-19(21-4-2)22-12-11-17-6-5-13-25-17;/h5-10,13H,3-4,11-12,14H2,1-2H3,(H,20,24)(H2,21,22,23);1H. The predicted molar refractivity (Wildman–Crippen MR) is 115 cm³/mol. The molecule has 142 valence electrons. The van der Waals surface area contributed by atoms with Gasteiger partial charge in [-0.05, 0) is 43.7 Å². The number of guanidine groups is 1. The zero-order valence-electron chi connectivity index (χ0n) is 15.2. The van der Waals surface area contributed by atoms with Crippen LogP contribution in [0.4, 0.5) is 0 Å². The van der Waals surface area contributed by atoms with E-state index in [1.807, 2.05) is 50.2 Å². The highest BCUT2D eigenvalue weighted by Gasteiger charge is 2.04. The van der Waals surface area contributed by atoms with Crippen molar-refractivity contribution in [2.24, 2.45) is 4.99 Å². The fourth-order valence-corrected chi connectivity index (χ4v) is 2.30. The number of amides is 1. The lowest BCUT2D eigenvalue weighted by atomic mass is 10.1. The molecule has 0 spiro atoms. The Balaban J connectivity index is 0.00000338. The van der Waals surface area contributed by atoms with Gasteiger partial charge in [-0.1, -0.05) is 12.1 Å². The zero-order chi connectivity index (χ0) is 17.9. The number of hydrogen-bond acceptors (Lipinski definition) is 3. The Labute approximate surface area is 171 Å². The third-order valence-electron chi connectivity index (χ3n) is 3.56. The van der Waals surface area contributed by atoms with E-state index < -0.39 is 0 Å². The summed E-state index contributed by atoms with van der Waals surface area (Å²) in [5.74, 6) is 1.66. The first-order valence-electron chi connectivity index (χ1n) is 8.64. The minimum absolute atomic E-state index is 0. The summed E-state index contributed by atoms with van der Waals surface area (Å²) in [5, 5.41) is 9.30. The van der Waals surface area contributed by atoms with Crippen LogP contribution in [-0.2, 0) is 13.0 Å². The maximum atomic E-state index is 11.8. The average molecular weight is 470 g/mol. The van der Waals surface area contributed by atoms with Crippen LogP contribution >= 0.6 is 24.0 Å². The van der Waals surface area contributed by atoms with Gasteiger partial charge >= 0.3 is 0 Å². The molecule has 0 saturated heterocycles. The monoisotopic (exact) mass is 470 g/mol. The molecule has 6 nitrogen and oxygen atoms in total. The SMILES string of the molecule is CCNC(=O)c1ccc(CN=C(NCC)NCCc2ccco2)cc1.I. The van der Waals surface area contributed by atoms with Crippen LogP contribution in [-0.4, -0.2) is 31.5 Å². The fraction of sp³-hybridized carbons (Fsp3) is 0.368. The number of carbonyl (C=O) groups excluding carboxylic acids is 1. The Bertz CT molecular complexity index is 669. The molecular weight excluding hydrogens is 443 g/mol. The van der Waals surface area contributed by atoms with E-state index in [2.05, 4.69) is 20.9 Å². The summed E-state index contributed by atoms with van der Waals surface area (Å²) in [7, 11) is 0. The van der Waals surface area contributed by atoms with Crippen molar-refractivity contribution in [3.05, 3.63) is 59.5 Å². The van der Waals surface area contributed by atoms with Crippen LogP contribution in [0.25, 0.3) is 0 Å². The smallest absolute Gasteiger partial charge is 0.251 e. The Kier molecular flexibility index (Phi) is 10.5. The molecule has 1 aromatic heterocycles. The normalized spacial score (nSPS) is 10.8. The molecule has 0 aliphatic carbocycles. The third-order valence-corrected chi connectivity index (χ3v) is 3.56. The van der Waals surface area contributed by atoms with Crippen molar-refractivity contribution in [1.29, 1.82) is 0 Å². The molecule has 2 aromatic rings. The minimum Gasteiger partial charge on any atom is -0.469 e. The number of furan rings is 1. The van der Waals surface area contributed by atoms with Gasteiger partial charge in [-0.15, -0.1) is 24.0 Å². The van der Waals surface area contributed by atoms with Gasteiger partial charge in [0.05, 0.1) is 12.8 Å². The number of carbonyl (C=O) groups is 1. The summed E-state index contributed by atoms with van der Waals surface area (Å²) in [6, 6.07) is 11.4. The van der Waals surface area contributed by atoms with Gasteiger partial charge in [0.15, 0.2) is 5.96 Å². The summed E-state index contributed by atoms with van der Waals surface area (Å²) >= 11 is 0. The van der Waals surface area contributed by atoms with Gasteiger partial charge in [0.25, 0.3) is 5.91 Å². The molecule has 0 bridgehead atoms. The van der Waals surface area contributed by atoms with Crippen molar-refractivity contribution in [3.63, 3.8) is 0 Å². The Morgan fingerprint density at radius 3 is 2.38 bits per heavy atom. The molecule has 0 aliphatic rings. The number of rotatable bonds is 8. The molecule has 3 N–H and O–H groups in total. The molecule has 0 fully saturated rings. The summed E-state index contributed by atoms with van der Waals surface area (Å²) in [4.78, 5) is 16.3. The molecule has 0 atom stereocenters. The summed E-state index contributed by atoms with van der Waals surface area (Å²) in [6.45, 7) is 6.65. The minimum atomic E-state index is -0.0505. The van der Waals surface area contributed by atoms with Gasteiger partial charge in [-0.25, -0.2) is 4.99 Å². The van der Waals surface area contributed by atoms with E-state index in [0.717, 1.165) is 36.8 Å². The molecule has 0 unspecified atom stereocenters. The van der Waals surface area contributed by atoms with E-state index >= 15 is 0 Å². The molecular formula is C19H27IN4O2. The lowest BCUT2D eigenvalue weighted by Gasteiger charge is -2.10. The second kappa shape index (κ2) is 12.3. The average Bonchev–Trinajstić information content (AvgIpc) is 3.14. The van der Waals surface area contributed by atoms with Gasteiger partial charge in [-0.2, -0.15) is 0 Å². The predicted octanol–water partition coefficient (Wildman–Crippen LogP) is 2.95. The molecule has 0 saturated carbocycles. The van der Waals surface area contributed by atoms with Crippen LogP contribution in [0.5, 0.6) is 0 Å². The number of nitrogens with one attached hydrogen (secondary N) is 3. The highest BCUT2D eigenvalue weighted by molar-refractivity contribution is 14.0. The number of nitrogens with zero attached hydrogens (tertiary/aromatic N) is 1. The Hall–Kier alpha value is -2.03. The van der Waals surface area contributed by atoms with Crippen molar-refractivity contribution >= 4 is 35.8 Å². The van der Waals surface area contributed by atoms with E-state index in [-0.39, 0.29) is 29.9 Å². The molecule has 1 aromatic carbocycles. The largest absolute Gasteiger partial charge is 0.469 e.